The third kappa shape index (κ3) is 5.38. The molecule has 0 atom stereocenters. The second kappa shape index (κ2) is 10.7. The zero-order chi connectivity index (χ0) is 21.1. The summed E-state index contributed by atoms with van der Waals surface area (Å²) in [4.78, 5) is 13.7. The number of halogens is 3. The Kier molecular flexibility index (Phi) is 8.29. The van der Waals surface area contributed by atoms with E-state index in [4.69, 9.17) is 23.2 Å². The van der Waals surface area contributed by atoms with Gasteiger partial charge in [-0.1, -0.05) is 47.5 Å². The maximum atomic E-state index is 11.7. The minimum atomic E-state index is 0. The summed E-state index contributed by atoms with van der Waals surface area (Å²) in [6, 6.07) is 14.2. The van der Waals surface area contributed by atoms with Crippen LogP contribution in [0.1, 0.15) is 36.1 Å². The Morgan fingerprint density at radius 1 is 1.13 bits per heavy atom. The number of rotatable bonds is 8. The van der Waals surface area contributed by atoms with E-state index in [9.17, 15) is 4.79 Å². The lowest BCUT2D eigenvalue weighted by atomic mass is 10.1. The highest BCUT2D eigenvalue weighted by Gasteiger charge is 2.19. The van der Waals surface area contributed by atoms with Gasteiger partial charge in [0, 0.05) is 59.2 Å². The first-order valence-corrected chi connectivity index (χ1v) is 11.3. The second-order valence-corrected chi connectivity index (χ2v) is 8.76. The van der Waals surface area contributed by atoms with Crippen molar-refractivity contribution < 1.29 is 4.79 Å². The Morgan fingerprint density at radius 2 is 1.94 bits per heavy atom. The Morgan fingerprint density at radius 3 is 2.68 bits per heavy atom. The lowest BCUT2D eigenvalue weighted by Crippen LogP contribution is -2.28. The van der Waals surface area contributed by atoms with Gasteiger partial charge in [-0.3, -0.25) is 4.79 Å². The molecule has 166 valence electrons. The molecule has 0 aliphatic carbocycles. The van der Waals surface area contributed by atoms with Gasteiger partial charge in [0.15, 0.2) is 0 Å². The second-order valence-electron chi connectivity index (χ2n) is 7.92. The van der Waals surface area contributed by atoms with E-state index < -0.39 is 0 Å². The average Bonchev–Trinajstić information content (AvgIpc) is 3.25. The highest BCUT2D eigenvalue weighted by Crippen LogP contribution is 2.29. The van der Waals surface area contributed by atoms with Crippen molar-refractivity contribution in [1.29, 1.82) is 0 Å². The van der Waals surface area contributed by atoms with Gasteiger partial charge in [0.05, 0.1) is 0 Å². The molecule has 1 aliphatic heterocycles. The van der Waals surface area contributed by atoms with E-state index in [0.29, 0.717) is 28.9 Å². The number of amides is 1. The van der Waals surface area contributed by atoms with E-state index in [1.807, 2.05) is 17.0 Å². The molecule has 1 aliphatic rings. The molecular formula is C24H28Cl3N3O. The van der Waals surface area contributed by atoms with E-state index in [1.54, 1.807) is 6.07 Å². The molecule has 1 N–H and O–H groups in total. The van der Waals surface area contributed by atoms with Crippen molar-refractivity contribution in [2.45, 2.75) is 39.3 Å². The number of para-hydroxylation sites is 1. The van der Waals surface area contributed by atoms with E-state index in [0.717, 1.165) is 44.6 Å². The monoisotopic (exact) mass is 479 g/mol. The van der Waals surface area contributed by atoms with Crippen LogP contribution < -0.4 is 5.32 Å². The SMILES string of the molecule is Cc1c(CNCCCN2CCCC2=O)c2ccccc2n1Cc1ccc(Cl)cc1Cl.Cl. The van der Waals surface area contributed by atoms with E-state index >= 15 is 0 Å². The van der Waals surface area contributed by atoms with E-state index in [1.165, 1.54) is 22.2 Å². The molecule has 2 heterocycles. The Bertz CT molecular complexity index is 1060. The standard InChI is InChI=1S/C24H27Cl2N3O.ClH/c1-17-21(15-27-11-5-13-28-12-4-8-24(28)30)20-6-2-3-7-23(20)29(17)16-18-9-10-19(25)14-22(18)26;/h2-3,6-7,9-10,14,27H,4-5,8,11-13,15-16H2,1H3;1H. The average molecular weight is 481 g/mol. The number of aromatic nitrogens is 1. The van der Waals surface area contributed by atoms with Gasteiger partial charge in [-0.2, -0.15) is 0 Å². The lowest BCUT2D eigenvalue weighted by Gasteiger charge is -2.15. The zero-order valence-corrected chi connectivity index (χ0v) is 20.0. The van der Waals surface area contributed by atoms with Gasteiger partial charge in [0.25, 0.3) is 0 Å². The summed E-state index contributed by atoms with van der Waals surface area (Å²) >= 11 is 12.5. The molecule has 1 fully saturated rings. The third-order valence-electron chi connectivity index (χ3n) is 5.96. The Labute approximate surface area is 199 Å². The maximum absolute atomic E-state index is 11.7. The minimum Gasteiger partial charge on any atom is -0.343 e. The number of benzene rings is 2. The topological polar surface area (TPSA) is 37.3 Å². The number of carbonyl (C=O) groups excluding carboxylic acids is 1. The van der Waals surface area contributed by atoms with Crippen LogP contribution in [0.4, 0.5) is 0 Å². The van der Waals surface area contributed by atoms with Crippen LogP contribution in [0.2, 0.25) is 10.0 Å². The molecule has 1 aromatic heterocycles. The number of nitrogens with one attached hydrogen (secondary N) is 1. The molecule has 0 bridgehead atoms. The molecule has 0 radical (unpaired) electrons. The molecule has 0 saturated carbocycles. The molecule has 31 heavy (non-hydrogen) atoms. The van der Waals surface area contributed by atoms with Crippen LogP contribution in [0.3, 0.4) is 0 Å². The number of likely N-dealkylation sites (tertiary alicyclic amines) is 1. The predicted octanol–water partition coefficient (Wildman–Crippen LogP) is 5.83. The van der Waals surface area contributed by atoms with Gasteiger partial charge >= 0.3 is 0 Å². The van der Waals surface area contributed by atoms with Gasteiger partial charge in [0.1, 0.15) is 0 Å². The first-order valence-electron chi connectivity index (χ1n) is 10.5. The van der Waals surface area contributed by atoms with Gasteiger partial charge in [-0.25, -0.2) is 0 Å². The van der Waals surface area contributed by atoms with Crippen molar-refractivity contribution in [2.24, 2.45) is 0 Å². The van der Waals surface area contributed by atoms with Crippen LogP contribution in [0.5, 0.6) is 0 Å². The molecule has 1 amide bonds. The van der Waals surface area contributed by atoms with E-state index in [2.05, 4.69) is 41.1 Å². The summed E-state index contributed by atoms with van der Waals surface area (Å²) in [6.07, 6.45) is 2.69. The molecule has 0 unspecified atom stereocenters. The van der Waals surface area contributed by atoms with Crippen LogP contribution in [-0.2, 0) is 17.9 Å². The number of hydrogen-bond acceptors (Lipinski definition) is 2. The largest absolute Gasteiger partial charge is 0.343 e. The normalized spacial score (nSPS) is 13.8. The number of carbonyl (C=O) groups is 1. The smallest absolute Gasteiger partial charge is 0.222 e. The fourth-order valence-corrected chi connectivity index (χ4v) is 4.77. The summed E-state index contributed by atoms with van der Waals surface area (Å²) in [7, 11) is 0. The summed E-state index contributed by atoms with van der Waals surface area (Å²) in [5.41, 5.74) is 4.82. The minimum absolute atomic E-state index is 0. The molecule has 2 aromatic carbocycles. The molecule has 3 aromatic rings. The molecular weight excluding hydrogens is 453 g/mol. The fraction of sp³-hybridized carbons (Fsp3) is 0.375. The van der Waals surface area contributed by atoms with Crippen molar-refractivity contribution in [3.05, 3.63) is 69.3 Å². The van der Waals surface area contributed by atoms with Crippen molar-refractivity contribution in [3.63, 3.8) is 0 Å². The maximum Gasteiger partial charge on any atom is 0.222 e. The van der Waals surface area contributed by atoms with Gasteiger partial charge in [-0.05, 0) is 55.6 Å². The molecule has 0 spiro atoms. The number of fused-ring (bicyclic) bond motifs is 1. The Hall–Kier alpha value is -1.72. The van der Waals surface area contributed by atoms with Gasteiger partial charge < -0.3 is 14.8 Å². The number of nitrogens with zero attached hydrogens (tertiary/aromatic N) is 2. The molecule has 4 nitrogen and oxygen atoms in total. The highest BCUT2D eigenvalue weighted by atomic mass is 35.5. The summed E-state index contributed by atoms with van der Waals surface area (Å²) < 4.78 is 2.32. The quantitative estimate of drug-likeness (QED) is 0.412. The lowest BCUT2D eigenvalue weighted by molar-refractivity contribution is -0.127. The summed E-state index contributed by atoms with van der Waals surface area (Å²) in [5, 5.41) is 6.18. The van der Waals surface area contributed by atoms with Crippen molar-refractivity contribution in [1.82, 2.24) is 14.8 Å². The summed E-state index contributed by atoms with van der Waals surface area (Å²) in [6.45, 7) is 6.34. The third-order valence-corrected chi connectivity index (χ3v) is 6.55. The first kappa shape index (κ1) is 23.9. The van der Waals surface area contributed by atoms with Crippen molar-refractivity contribution >= 4 is 52.4 Å². The van der Waals surface area contributed by atoms with Crippen LogP contribution in [0.15, 0.2) is 42.5 Å². The van der Waals surface area contributed by atoms with Crippen LogP contribution in [0.25, 0.3) is 10.9 Å². The summed E-state index contributed by atoms with van der Waals surface area (Å²) in [5.74, 6) is 0.301. The molecule has 4 rings (SSSR count). The first-order chi connectivity index (χ1) is 14.5. The molecule has 1 saturated heterocycles. The van der Waals surface area contributed by atoms with Gasteiger partial charge in [-0.15, -0.1) is 12.4 Å². The van der Waals surface area contributed by atoms with Crippen molar-refractivity contribution in [2.75, 3.05) is 19.6 Å². The van der Waals surface area contributed by atoms with E-state index in [-0.39, 0.29) is 12.4 Å². The number of hydrogen-bond donors (Lipinski definition) is 1. The molecule has 7 heteroatoms. The van der Waals surface area contributed by atoms with Crippen LogP contribution in [-0.4, -0.2) is 35.0 Å². The predicted molar refractivity (Wildman–Crippen MR) is 132 cm³/mol. The van der Waals surface area contributed by atoms with Crippen LogP contribution in [0, 0.1) is 6.92 Å². The fourth-order valence-electron chi connectivity index (χ4n) is 4.30. The van der Waals surface area contributed by atoms with Crippen molar-refractivity contribution in [3.8, 4) is 0 Å². The van der Waals surface area contributed by atoms with Crippen LogP contribution >= 0.6 is 35.6 Å². The Balaban J connectivity index is 0.00000272. The zero-order valence-electron chi connectivity index (χ0n) is 17.7. The highest BCUT2D eigenvalue weighted by molar-refractivity contribution is 6.35. The van der Waals surface area contributed by atoms with Gasteiger partial charge in [0.2, 0.25) is 5.91 Å².